The summed E-state index contributed by atoms with van der Waals surface area (Å²) in [7, 11) is 1.83. The average Bonchev–Trinajstić information content (AvgIpc) is 2.43. The molecule has 1 rings (SSSR count). The molecule has 1 aromatic rings. The molecule has 0 aliphatic carbocycles. The van der Waals surface area contributed by atoms with Gasteiger partial charge in [-0.15, -0.1) is 0 Å². The zero-order valence-electron chi connectivity index (χ0n) is 12.4. The lowest BCUT2D eigenvalue weighted by atomic mass is 10.1. The van der Waals surface area contributed by atoms with Crippen LogP contribution in [0, 0.1) is 6.92 Å². The van der Waals surface area contributed by atoms with Gasteiger partial charge in [-0.25, -0.2) is 0 Å². The van der Waals surface area contributed by atoms with E-state index in [1.165, 1.54) is 11.1 Å². The predicted octanol–water partition coefficient (Wildman–Crippen LogP) is 2.51. The zero-order chi connectivity index (χ0) is 14.3. The van der Waals surface area contributed by atoms with Gasteiger partial charge in [0.15, 0.2) is 0 Å². The molecule has 2 N–H and O–H groups in total. The van der Waals surface area contributed by atoms with Crippen LogP contribution in [0.4, 0.5) is 0 Å². The first-order valence-electron chi connectivity index (χ1n) is 7.06. The molecule has 3 heteroatoms. The Hall–Kier alpha value is -1.35. The van der Waals surface area contributed by atoms with Gasteiger partial charge in [-0.1, -0.05) is 29.8 Å². The third-order valence-corrected chi connectivity index (χ3v) is 3.62. The number of nitrogens with zero attached hydrogens (tertiary/aromatic N) is 1. The molecule has 0 bridgehead atoms. The lowest BCUT2D eigenvalue weighted by molar-refractivity contribution is -0.131. The minimum absolute atomic E-state index is 0.129. The molecule has 0 radical (unpaired) electrons. The smallest absolute Gasteiger partial charge is 0.222 e. The highest BCUT2D eigenvalue weighted by molar-refractivity contribution is 5.76. The fourth-order valence-corrected chi connectivity index (χ4v) is 1.94. The predicted molar refractivity (Wildman–Crippen MR) is 80.0 cm³/mol. The molecule has 0 aliphatic rings. The maximum absolute atomic E-state index is 11.9. The van der Waals surface area contributed by atoms with Crippen LogP contribution in [0.1, 0.15) is 37.3 Å². The summed E-state index contributed by atoms with van der Waals surface area (Å²) in [5.41, 5.74) is 8.20. The normalized spacial score (nSPS) is 12.2. The lowest BCUT2D eigenvalue weighted by Crippen LogP contribution is -2.39. The lowest BCUT2D eigenvalue weighted by Gasteiger charge is -2.23. The molecule has 0 fully saturated rings. The van der Waals surface area contributed by atoms with Crippen molar-refractivity contribution in [3.63, 3.8) is 0 Å². The number of likely N-dealkylation sites (N-methyl/N-ethyl adjacent to an activating group) is 1. The summed E-state index contributed by atoms with van der Waals surface area (Å²) in [6, 6.07) is 8.73. The molecule has 1 unspecified atom stereocenters. The number of nitrogens with two attached hydrogens (primary N) is 1. The van der Waals surface area contributed by atoms with Crippen molar-refractivity contribution < 1.29 is 4.79 Å². The monoisotopic (exact) mass is 262 g/mol. The van der Waals surface area contributed by atoms with Crippen LogP contribution in [-0.2, 0) is 11.2 Å². The number of hydrogen-bond donors (Lipinski definition) is 1. The third-order valence-electron chi connectivity index (χ3n) is 3.62. The molecule has 1 aromatic carbocycles. The van der Waals surface area contributed by atoms with Crippen molar-refractivity contribution in [2.24, 2.45) is 5.73 Å². The highest BCUT2D eigenvalue weighted by Crippen LogP contribution is 2.09. The van der Waals surface area contributed by atoms with E-state index < -0.39 is 0 Å². The van der Waals surface area contributed by atoms with E-state index in [2.05, 4.69) is 31.2 Å². The summed E-state index contributed by atoms with van der Waals surface area (Å²) < 4.78 is 0. The Labute approximate surface area is 116 Å². The van der Waals surface area contributed by atoms with E-state index in [9.17, 15) is 4.79 Å². The number of amides is 1. The maximum atomic E-state index is 11.9. The number of unbranched alkanes of at least 4 members (excludes halogenated alkanes) is 1. The molecule has 0 saturated carbocycles. The summed E-state index contributed by atoms with van der Waals surface area (Å²) in [5, 5.41) is 0. The minimum atomic E-state index is 0.129. The Balaban J connectivity index is 2.23. The zero-order valence-corrected chi connectivity index (χ0v) is 12.4. The van der Waals surface area contributed by atoms with Crippen LogP contribution in [0.5, 0.6) is 0 Å². The molecule has 0 spiro atoms. The van der Waals surface area contributed by atoms with Crippen LogP contribution in [0.3, 0.4) is 0 Å². The van der Waals surface area contributed by atoms with Crippen LogP contribution in [0.15, 0.2) is 24.3 Å². The van der Waals surface area contributed by atoms with Gasteiger partial charge in [-0.3, -0.25) is 4.79 Å². The number of benzene rings is 1. The number of rotatable bonds is 7. The molecule has 0 aliphatic heterocycles. The Bertz CT molecular complexity index is 386. The van der Waals surface area contributed by atoms with Crippen molar-refractivity contribution in [1.29, 1.82) is 0 Å². The van der Waals surface area contributed by atoms with Crippen molar-refractivity contribution in [1.82, 2.24) is 4.90 Å². The van der Waals surface area contributed by atoms with E-state index in [0.717, 1.165) is 19.3 Å². The van der Waals surface area contributed by atoms with Crippen LogP contribution >= 0.6 is 0 Å². The largest absolute Gasteiger partial charge is 0.342 e. The highest BCUT2D eigenvalue weighted by Gasteiger charge is 2.13. The number of carbonyl (C=O) groups is 1. The summed E-state index contributed by atoms with van der Waals surface area (Å²) in [5.74, 6) is 0.196. The first-order valence-corrected chi connectivity index (χ1v) is 7.06. The van der Waals surface area contributed by atoms with Crippen molar-refractivity contribution in [2.75, 3.05) is 13.6 Å². The molecule has 3 nitrogen and oxygen atoms in total. The topological polar surface area (TPSA) is 46.3 Å². The van der Waals surface area contributed by atoms with E-state index in [1.54, 1.807) is 4.90 Å². The third kappa shape index (κ3) is 5.43. The summed E-state index contributed by atoms with van der Waals surface area (Å²) in [4.78, 5) is 13.6. The molecular formula is C16H26N2O. The van der Waals surface area contributed by atoms with Gasteiger partial charge in [0.1, 0.15) is 0 Å². The van der Waals surface area contributed by atoms with Crippen molar-refractivity contribution in [3.05, 3.63) is 35.4 Å². The minimum Gasteiger partial charge on any atom is -0.342 e. The van der Waals surface area contributed by atoms with Gasteiger partial charge in [-0.2, -0.15) is 0 Å². The van der Waals surface area contributed by atoms with E-state index in [1.807, 2.05) is 14.0 Å². The summed E-state index contributed by atoms with van der Waals surface area (Å²) in [6.07, 6.45) is 3.66. The van der Waals surface area contributed by atoms with Gasteiger partial charge < -0.3 is 10.6 Å². The summed E-state index contributed by atoms with van der Waals surface area (Å²) in [6.45, 7) is 4.59. The quantitative estimate of drug-likeness (QED) is 0.767. The van der Waals surface area contributed by atoms with Crippen molar-refractivity contribution in [3.8, 4) is 0 Å². The Morgan fingerprint density at radius 2 is 1.89 bits per heavy atom. The van der Waals surface area contributed by atoms with Gasteiger partial charge in [0.2, 0.25) is 5.91 Å². The van der Waals surface area contributed by atoms with Gasteiger partial charge in [0.05, 0.1) is 0 Å². The van der Waals surface area contributed by atoms with Crippen LogP contribution < -0.4 is 5.73 Å². The maximum Gasteiger partial charge on any atom is 0.222 e. The number of aryl methyl sites for hydroxylation is 2. The van der Waals surface area contributed by atoms with Crippen molar-refractivity contribution in [2.45, 2.75) is 45.6 Å². The number of hydrogen-bond acceptors (Lipinski definition) is 2. The number of carbonyl (C=O) groups excluding carboxylic acids is 1. The fraction of sp³-hybridized carbons (Fsp3) is 0.562. The first-order chi connectivity index (χ1) is 9.04. The molecule has 0 heterocycles. The first kappa shape index (κ1) is 15.7. The SMILES string of the molecule is Cc1ccc(CCCCC(=O)N(C)C(C)CN)cc1. The molecule has 1 amide bonds. The Kier molecular flexibility index (Phi) is 6.57. The van der Waals surface area contributed by atoms with Crippen LogP contribution in [0.25, 0.3) is 0 Å². The Morgan fingerprint density at radius 1 is 1.26 bits per heavy atom. The molecule has 0 saturated heterocycles. The van der Waals surface area contributed by atoms with Gasteiger partial charge in [0.25, 0.3) is 0 Å². The molecule has 1 atom stereocenters. The van der Waals surface area contributed by atoms with Crippen molar-refractivity contribution >= 4 is 5.91 Å². The molecule has 106 valence electrons. The van der Waals surface area contributed by atoms with Crippen LogP contribution in [0.2, 0.25) is 0 Å². The van der Waals surface area contributed by atoms with Gasteiger partial charge in [-0.05, 0) is 38.7 Å². The van der Waals surface area contributed by atoms with E-state index >= 15 is 0 Å². The second-order valence-electron chi connectivity index (χ2n) is 5.28. The van der Waals surface area contributed by atoms with E-state index in [-0.39, 0.29) is 11.9 Å². The van der Waals surface area contributed by atoms with Crippen LogP contribution in [-0.4, -0.2) is 30.4 Å². The van der Waals surface area contributed by atoms with Gasteiger partial charge in [0, 0.05) is 26.1 Å². The second-order valence-corrected chi connectivity index (χ2v) is 5.28. The molecular weight excluding hydrogens is 236 g/mol. The average molecular weight is 262 g/mol. The standard InChI is InChI=1S/C16H26N2O/c1-13-8-10-15(11-9-13)6-4-5-7-16(19)18(3)14(2)12-17/h8-11,14H,4-7,12,17H2,1-3H3. The second kappa shape index (κ2) is 7.95. The van der Waals surface area contributed by atoms with Gasteiger partial charge >= 0.3 is 0 Å². The molecule has 0 aromatic heterocycles. The summed E-state index contributed by atoms with van der Waals surface area (Å²) >= 11 is 0. The fourth-order valence-electron chi connectivity index (χ4n) is 1.94. The van der Waals surface area contributed by atoms with E-state index in [0.29, 0.717) is 13.0 Å². The Morgan fingerprint density at radius 3 is 2.47 bits per heavy atom. The highest BCUT2D eigenvalue weighted by atomic mass is 16.2. The van der Waals surface area contributed by atoms with E-state index in [4.69, 9.17) is 5.73 Å². The molecule has 19 heavy (non-hydrogen) atoms.